The van der Waals surface area contributed by atoms with Crippen molar-refractivity contribution in [1.29, 1.82) is 0 Å². The summed E-state index contributed by atoms with van der Waals surface area (Å²) in [6.07, 6.45) is 6.05. The highest BCUT2D eigenvalue weighted by Crippen LogP contribution is 2.42. The molecule has 27 heavy (non-hydrogen) atoms. The molecule has 0 saturated carbocycles. The number of nitrogens with zero attached hydrogens (tertiary/aromatic N) is 3. The topological polar surface area (TPSA) is 69.9 Å². The second kappa shape index (κ2) is 7.44. The highest BCUT2D eigenvalue weighted by molar-refractivity contribution is 5.80. The summed E-state index contributed by atoms with van der Waals surface area (Å²) in [5, 5.41) is 8.11. The van der Waals surface area contributed by atoms with Gasteiger partial charge in [-0.3, -0.25) is 0 Å². The van der Waals surface area contributed by atoms with Crippen molar-refractivity contribution >= 4 is 5.65 Å². The first-order valence-electron chi connectivity index (χ1n) is 9.10. The molecule has 3 aromatic rings. The monoisotopic (exact) mass is 368 g/mol. The van der Waals surface area contributed by atoms with Gasteiger partial charge in [-0.1, -0.05) is 0 Å². The lowest BCUT2D eigenvalue weighted by Crippen LogP contribution is -2.29. The molecule has 1 atom stereocenters. The molecule has 0 radical (unpaired) electrons. The molecule has 1 saturated heterocycles. The molecule has 0 amide bonds. The SMILES string of the molecule is COc1cc(-c2cnn3c(C4CCCNC4)ccnc23)cc(OC)c1OC. The number of methoxy groups -OCH3 is 3. The summed E-state index contributed by atoms with van der Waals surface area (Å²) in [5.41, 5.74) is 3.86. The van der Waals surface area contributed by atoms with Crippen LogP contribution in [-0.4, -0.2) is 49.0 Å². The summed E-state index contributed by atoms with van der Waals surface area (Å²) in [6, 6.07) is 5.92. The van der Waals surface area contributed by atoms with Gasteiger partial charge in [0.05, 0.1) is 33.2 Å². The minimum atomic E-state index is 0.442. The molecule has 4 rings (SSSR count). The number of fused-ring (bicyclic) bond motifs is 1. The van der Waals surface area contributed by atoms with Gasteiger partial charge in [0.2, 0.25) is 5.75 Å². The standard InChI is InChI=1S/C20H24N4O3/c1-25-17-9-14(10-18(26-2)19(17)27-3)15-12-23-24-16(6-8-22-20(15)24)13-5-4-7-21-11-13/h6,8-10,12-13,21H,4-5,7,11H2,1-3H3. The highest BCUT2D eigenvalue weighted by atomic mass is 16.5. The Morgan fingerprint density at radius 2 is 1.89 bits per heavy atom. The summed E-state index contributed by atoms with van der Waals surface area (Å²) >= 11 is 0. The first-order valence-corrected chi connectivity index (χ1v) is 9.10. The van der Waals surface area contributed by atoms with Crippen molar-refractivity contribution in [2.24, 2.45) is 0 Å². The summed E-state index contributed by atoms with van der Waals surface area (Å²) in [5.74, 6) is 2.23. The van der Waals surface area contributed by atoms with Gasteiger partial charge in [-0.15, -0.1) is 0 Å². The zero-order valence-electron chi connectivity index (χ0n) is 15.9. The van der Waals surface area contributed by atoms with E-state index in [1.807, 2.05) is 29.0 Å². The molecule has 3 heterocycles. The third-order valence-corrected chi connectivity index (χ3v) is 5.12. The predicted molar refractivity (Wildman–Crippen MR) is 103 cm³/mol. The first kappa shape index (κ1) is 17.6. The van der Waals surface area contributed by atoms with Gasteiger partial charge in [-0.25, -0.2) is 9.50 Å². The molecule has 7 nitrogen and oxygen atoms in total. The van der Waals surface area contributed by atoms with Crippen LogP contribution in [0.5, 0.6) is 17.2 Å². The van der Waals surface area contributed by atoms with Gasteiger partial charge in [0, 0.05) is 24.2 Å². The molecule has 1 aliphatic heterocycles. The van der Waals surface area contributed by atoms with Gasteiger partial charge in [0.1, 0.15) is 0 Å². The van der Waals surface area contributed by atoms with Crippen LogP contribution in [0, 0.1) is 0 Å². The fourth-order valence-electron chi connectivity index (χ4n) is 3.76. The van der Waals surface area contributed by atoms with Crippen molar-refractivity contribution in [3.8, 4) is 28.4 Å². The molecular weight excluding hydrogens is 344 g/mol. The zero-order valence-corrected chi connectivity index (χ0v) is 15.9. The number of hydrogen-bond acceptors (Lipinski definition) is 6. The maximum Gasteiger partial charge on any atom is 0.203 e. The third-order valence-electron chi connectivity index (χ3n) is 5.12. The zero-order chi connectivity index (χ0) is 18.8. The largest absolute Gasteiger partial charge is 0.493 e. The molecule has 142 valence electrons. The third kappa shape index (κ3) is 3.08. The van der Waals surface area contributed by atoms with E-state index in [9.17, 15) is 0 Å². The fraction of sp³-hybridized carbons (Fsp3) is 0.400. The van der Waals surface area contributed by atoms with Crippen molar-refractivity contribution in [3.05, 3.63) is 36.3 Å². The number of ether oxygens (including phenoxy) is 3. The minimum Gasteiger partial charge on any atom is -0.493 e. The Morgan fingerprint density at radius 3 is 2.52 bits per heavy atom. The Bertz CT molecular complexity index is 923. The second-order valence-electron chi connectivity index (χ2n) is 6.62. The Kier molecular flexibility index (Phi) is 4.85. The Balaban J connectivity index is 1.83. The molecule has 7 heteroatoms. The van der Waals surface area contributed by atoms with Crippen LogP contribution in [0.3, 0.4) is 0 Å². The molecule has 0 spiro atoms. The van der Waals surface area contributed by atoms with E-state index < -0.39 is 0 Å². The molecular formula is C20H24N4O3. The van der Waals surface area contributed by atoms with Crippen LogP contribution >= 0.6 is 0 Å². The van der Waals surface area contributed by atoms with Crippen LogP contribution in [0.1, 0.15) is 24.5 Å². The van der Waals surface area contributed by atoms with Crippen molar-refractivity contribution < 1.29 is 14.2 Å². The molecule has 1 aliphatic rings. The van der Waals surface area contributed by atoms with E-state index in [4.69, 9.17) is 14.2 Å². The van der Waals surface area contributed by atoms with Crippen molar-refractivity contribution in [3.63, 3.8) is 0 Å². The van der Waals surface area contributed by atoms with Crippen LogP contribution in [-0.2, 0) is 0 Å². The smallest absolute Gasteiger partial charge is 0.203 e. The summed E-state index contributed by atoms with van der Waals surface area (Å²) in [4.78, 5) is 4.59. The average Bonchev–Trinajstić information content (AvgIpc) is 3.17. The molecule has 1 aromatic carbocycles. The van der Waals surface area contributed by atoms with E-state index in [-0.39, 0.29) is 0 Å². The number of piperidine rings is 1. The maximum atomic E-state index is 5.49. The Hall–Kier alpha value is -2.80. The quantitative estimate of drug-likeness (QED) is 0.747. The molecule has 0 bridgehead atoms. The number of benzene rings is 1. The van der Waals surface area contributed by atoms with E-state index in [1.165, 1.54) is 12.1 Å². The normalized spacial score (nSPS) is 17.1. The molecule has 1 N–H and O–H groups in total. The van der Waals surface area contributed by atoms with Crippen LogP contribution in [0.15, 0.2) is 30.6 Å². The van der Waals surface area contributed by atoms with Crippen LogP contribution in [0.25, 0.3) is 16.8 Å². The lowest BCUT2D eigenvalue weighted by atomic mass is 9.96. The van der Waals surface area contributed by atoms with E-state index in [1.54, 1.807) is 21.3 Å². The number of rotatable bonds is 5. The van der Waals surface area contributed by atoms with Gasteiger partial charge < -0.3 is 19.5 Å². The number of hydrogen-bond donors (Lipinski definition) is 1. The number of aromatic nitrogens is 3. The van der Waals surface area contributed by atoms with E-state index in [0.29, 0.717) is 23.2 Å². The van der Waals surface area contributed by atoms with Crippen molar-refractivity contribution in [2.75, 3.05) is 34.4 Å². The highest BCUT2D eigenvalue weighted by Gasteiger charge is 2.21. The summed E-state index contributed by atoms with van der Waals surface area (Å²) < 4.78 is 18.4. The molecule has 2 aromatic heterocycles. The van der Waals surface area contributed by atoms with Crippen LogP contribution < -0.4 is 19.5 Å². The van der Waals surface area contributed by atoms with E-state index >= 15 is 0 Å². The molecule has 1 unspecified atom stereocenters. The summed E-state index contributed by atoms with van der Waals surface area (Å²) in [7, 11) is 4.83. The molecule has 1 fully saturated rings. The van der Waals surface area contributed by atoms with E-state index in [0.717, 1.165) is 36.3 Å². The average molecular weight is 368 g/mol. The van der Waals surface area contributed by atoms with Gasteiger partial charge in [-0.2, -0.15) is 5.10 Å². The summed E-state index contributed by atoms with van der Waals surface area (Å²) in [6.45, 7) is 2.05. The van der Waals surface area contributed by atoms with Gasteiger partial charge in [0.15, 0.2) is 17.1 Å². The van der Waals surface area contributed by atoms with Gasteiger partial charge in [0.25, 0.3) is 0 Å². The van der Waals surface area contributed by atoms with E-state index in [2.05, 4.69) is 21.5 Å². The van der Waals surface area contributed by atoms with Crippen molar-refractivity contribution in [2.45, 2.75) is 18.8 Å². The Labute approximate surface area is 158 Å². The van der Waals surface area contributed by atoms with Crippen LogP contribution in [0.4, 0.5) is 0 Å². The maximum absolute atomic E-state index is 5.49. The fourth-order valence-corrected chi connectivity index (χ4v) is 3.76. The minimum absolute atomic E-state index is 0.442. The first-order chi connectivity index (χ1) is 13.3. The van der Waals surface area contributed by atoms with Gasteiger partial charge in [-0.05, 0) is 43.1 Å². The molecule has 0 aliphatic carbocycles. The predicted octanol–water partition coefficient (Wildman–Crippen LogP) is 2.89. The Morgan fingerprint density at radius 1 is 1.11 bits per heavy atom. The number of nitrogens with one attached hydrogen (secondary N) is 1. The lowest BCUT2D eigenvalue weighted by molar-refractivity contribution is 0.324. The lowest BCUT2D eigenvalue weighted by Gasteiger charge is -2.23. The second-order valence-corrected chi connectivity index (χ2v) is 6.62. The van der Waals surface area contributed by atoms with Gasteiger partial charge >= 0.3 is 0 Å². The van der Waals surface area contributed by atoms with Crippen LogP contribution in [0.2, 0.25) is 0 Å². The van der Waals surface area contributed by atoms with Crippen molar-refractivity contribution in [1.82, 2.24) is 19.9 Å².